The van der Waals surface area contributed by atoms with Gasteiger partial charge in [-0.15, -0.1) is 0 Å². The number of carbonyl (C=O) groups excluding carboxylic acids is 8. The van der Waals surface area contributed by atoms with Crippen molar-refractivity contribution in [1.29, 1.82) is 0 Å². The van der Waals surface area contributed by atoms with E-state index in [1.54, 1.807) is 91.8 Å². The van der Waals surface area contributed by atoms with E-state index in [1.807, 2.05) is 18.3 Å². The van der Waals surface area contributed by atoms with Gasteiger partial charge in [0.15, 0.2) is 0 Å². The number of hydrogen-bond acceptors (Lipinski definition) is 8. The molecule has 0 bridgehead atoms. The van der Waals surface area contributed by atoms with Crippen LogP contribution in [0, 0.1) is 11.8 Å². The fraction of sp³-hybridized carbons (Fsp3) is 0.388. The second-order valence-corrected chi connectivity index (χ2v) is 17.3. The molecule has 17 heteroatoms. The van der Waals surface area contributed by atoms with Gasteiger partial charge in [0.25, 0.3) is 23.6 Å². The highest BCUT2D eigenvalue weighted by atomic mass is 16.2. The molecule has 17 nitrogen and oxygen atoms in total. The quantitative estimate of drug-likeness (QED) is 0.0383. The van der Waals surface area contributed by atoms with Crippen LogP contribution < -0.4 is 31.9 Å². The predicted octanol–water partition coefficient (Wildman–Crippen LogP) is 6.37. The van der Waals surface area contributed by atoms with Crippen LogP contribution >= 0.6 is 0 Å². The fourth-order valence-corrected chi connectivity index (χ4v) is 7.26. The van der Waals surface area contributed by atoms with Crippen LogP contribution in [0.4, 0.5) is 22.7 Å². The minimum Gasteiger partial charge on any atom is -0.346 e. The molecule has 2 atom stereocenters. The average Bonchev–Trinajstić information content (AvgIpc) is 3.94. The first-order valence-electron chi connectivity index (χ1n) is 22.3. The number of anilines is 4. The van der Waals surface area contributed by atoms with E-state index in [1.165, 1.54) is 19.1 Å². The Hall–Kier alpha value is -7.30. The van der Waals surface area contributed by atoms with Crippen molar-refractivity contribution in [1.82, 2.24) is 24.7 Å². The van der Waals surface area contributed by atoms with Crippen molar-refractivity contribution in [3.8, 4) is 11.1 Å². The fourth-order valence-electron chi connectivity index (χ4n) is 7.26. The Morgan fingerprint density at radius 1 is 0.545 bits per heavy atom. The largest absolute Gasteiger partial charge is 0.346 e. The number of carbonyl (C=O) groups is 8. The molecular weight excluding hydrogens is 843 g/mol. The van der Waals surface area contributed by atoms with Crippen molar-refractivity contribution in [3.63, 3.8) is 0 Å². The Balaban J connectivity index is 1.06. The Kier molecular flexibility index (Phi) is 17.4. The molecular formula is C49H61N9O8. The molecule has 66 heavy (non-hydrogen) atoms. The predicted molar refractivity (Wildman–Crippen MR) is 253 cm³/mol. The maximum Gasteiger partial charge on any atom is 0.272 e. The Morgan fingerprint density at radius 2 is 1.09 bits per heavy atom. The number of rotatable bonds is 22. The van der Waals surface area contributed by atoms with Gasteiger partial charge in [-0.3, -0.25) is 43.3 Å². The van der Waals surface area contributed by atoms with Gasteiger partial charge in [0, 0.05) is 80.7 Å². The number of aromatic nitrogens is 2. The Morgan fingerprint density at radius 3 is 1.68 bits per heavy atom. The molecule has 0 saturated carbocycles. The number of nitrogens with zero attached hydrogens (tertiary/aromatic N) is 3. The van der Waals surface area contributed by atoms with Crippen LogP contribution in [0.15, 0.2) is 85.2 Å². The first-order chi connectivity index (χ1) is 31.4. The number of amides is 8. The van der Waals surface area contributed by atoms with Crippen LogP contribution in [-0.4, -0.2) is 79.9 Å². The zero-order chi connectivity index (χ0) is 48.1. The number of hydrogen-bond donors (Lipinski definition) is 6. The molecule has 0 saturated heterocycles. The topological polar surface area (TPSA) is 222 Å². The SMILES string of the molecule is CC(C)CCCC(=O)Nc1cc(C(=O)Nc2ccc(-c3cc(C(=O)Nc4ccc(NC(=O)[C@H](C)NC(=O)[C@@H](NC(=O)CCCCCN5C(=O)C=CC5=O)C(C)C)cc4)n(C)c3)cc2)n(C)c1. The van der Waals surface area contributed by atoms with E-state index in [4.69, 9.17) is 0 Å². The molecule has 2 aromatic carbocycles. The highest BCUT2D eigenvalue weighted by molar-refractivity contribution is 6.13. The van der Waals surface area contributed by atoms with Crippen molar-refractivity contribution < 1.29 is 38.4 Å². The van der Waals surface area contributed by atoms with E-state index in [2.05, 4.69) is 45.7 Å². The zero-order valence-electron chi connectivity index (χ0n) is 38.7. The third-order valence-electron chi connectivity index (χ3n) is 11.0. The van der Waals surface area contributed by atoms with E-state index >= 15 is 0 Å². The molecule has 0 radical (unpaired) electrons. The molecule has 1 aliphatic heterocycles. The summed E-state index contributed by atoms with van der Waals surface area (Å²) in [4.78, 5) is 102. The molecule has 5 rings (SSSR count). The van der Waals surface area contributed by atoms with E-state index in [0.29, 0.717) is 65.7 Å². The lowest BCUT2D eigenvalue weighted by Crippen LogP contribution is -2.53. The first kappa shape index (κ1) is 49.7. The van der Waals surface area contributed by atoms with Gasteiger partial charge in [0.2, 0.25) is 23.6 Å². The molecule has 6 N–H and O–H groups in total. The molecule has 0 unspecified atom stereocenters. The van der Waals surface area contributed by atoms with E-state index < -0.39 is 23.9 Å². The highest BCUT2D eigenvalue weighted by Crippen LogP contribution is 2.25. The summed E-state index contributed by atoms with van der Waals surface area (Å²) in [5, 5.41) is 16.8. The van der Waals surface area contributed by atoms with E-state index in [-0.39, 0.29) is 54.3 Å². The summed E-state index contributed by atoms with van der Waals surface area (Å²) < 4.78 is 3.37. The van der Waals surface area contributed by atoms with Gasteiger partial charge in [0.05, 0.1) is 5.69 Å². The van der Waals surface area contributed by atoms with E-state index in [0.717, 1.165) is 28.9 Å². The van der Waals surface area contributed by atoms with Gasteiger partial charge < -0.3 is 41.0 Å². The third kappa shape index (κ3) is 14.1. The molecule has 0 spiro atoms. The standard InChI is InChI=1S/C49H61N9O8/c1-30(2)12-11-14-41(59)51-38-27-40(57(7)29-38)48(65)53-35-17-15-33(16-18-35)34-26-39(56(6)28-34)47(64)54-37-21-19-36(20-22-37)52-46(63)32(5)50-49(66)45(31(3)4)55-42(60)13-9-8-10-25-58-43(61)23-24-44(58)62/h15-24,26-32,45H,8-14,25H2,1-7H3,(H,50,66)(H,51,59)(H,52,63)(H,53,65)(H,54,64)(H,55,60)/t32-,45-/m0/s1. The van der Waals surface area contributed by atoms with Crippen LogP contribution in [0.1, 0.15) is 101 Å². The van der Waals surface area contributed by atoms with Crippen LogP contribution in [-0.2, 0) is 42.9 Å². The second-order valence-electron chi connectivity index (χ2n) is 17.3. The first-order valence-corrected chi connectivity index (χ1v) is 22.3. The monoisotopic (exact) mass is 903 g/mol. The molecule has 3 heterocycles. The van der Waals surface area contributed by atoms with Gasteiger partial charge in [0.1, 0.15) is 23.5 Å². The minimum absolute atomic E-state index is 0.0865. The smallest absolute Gasteiger partial charge is 0.272 e. The normalized spacial score (nSPS) is 13.1. The number of unbranched alkanes of at least 4 members (excludes halogenated alkanes) is 2. The lowest BCUT2D eigenvalue weighted by molar-refractivity contribution is -0.137. The number of benzene rings is 2. The van der Waals surface area contributed by atoms with Crippen LogP contribution in [0.3, 0.4) is 0 Å². The third-order valence-corrected chi connectivity index (χ3v) is 11.0. The van der Waals surface area contributed by atoms with Crippen molar-refractivity contribution in [2.75, 3.05) is 27.8 Å². The van der Waals surface area contributed by atoms with Crippen molar-refractivity contribution >= 4 is 70.0 Å². The molecule has 2 aromatic heterocycles. The molecule has 4 aromatic rings. The van der Waals surface area contributed by atoms with Gasteiger partial charge in [-0.2, -0.15) is 0 Å². The van der Waals surface area contributed by atoms with Crippen molar-refractivity contribution in [3.05, 3.63) is 96.6 Å². The Bertz CT molecular complexity index is 2430. The summed E-state index contributed by atoms with van der Waals surface area (Å²) in [5.41, 5.74) is 4.46. The average molecular weight is 904 g/mol. The molecule has 1 aliphatic rings. The number of imide groups is 1. The summed E-state index contributed by atoms with van der Waals surface area (Å²) in [7, 11) is 3.51. The Labute approximate surface area is 385 Å². The van der Waals surface area contributed by atoms with Crippen molar-refractivity contribution in [2.45, 2.75) is 91.6 Å². The van der Waals surface area contributed by atoms with Crippen LogP contribution in [0.5, 0.6) is 0 Å². The molecule has 350 valence electrons. The number of aryl methyl sites for hydroxylation is 2. The van der Waals surface area contributed by atoms with Gasteiger partial charge in [-0.05, 0) is 92.1 Å². The molecule has 0 fully saturated rings. The van der Waals surface area contributed by atoms with Crippen LogP contribution in [0.2, 0.25) is 0 Å². The van der Waals surface area contributed by atoms with Crippen molar-refractivity contribution in [2.24, 2.45) is 25.9 Å². The summed E-state index contributed by atoms with van der Waals surface area (Å²) in [6.45, 7) is 9.64. The number of nitrogens with one attached hydrogen (secondary N) is 6. The lowest BCUT2D eigenvalue weighted by Gasteiger charge is -2.24. The van der Waals surface area contributed by atoms with Gasteiger partial charge in [-0.25, -0.2) is 0 Å². The van der Waals surface area contributed by atoms with Gasteiger partial charge in [-0.1, -0.05) is 52.7 Å². The summed E-state index contributed by atoms with van der Waals surface area (Å²) in [5.74, 6) is -2.48. The second kappa shape index (κ2) is 23.1. The summed E-state index contributed by atoms with van der Waals surface area (Å²) in [6, 6.07) is 15.4. The minimum atomic E-state index is -0.935. The zero-order valence-corrected chi connectivity index (χ0v) is 38.7. The molecule has 8 amide bonds. The summed E-state index contributed by atoms with van der Waals surface area (Å²) >= 11 is 0. The lowest BCUT2D eigenvalue weighted by atomic mass is 10.0. The maximum absolute atomic E-state index is 13.4. The van der Waals surface area contributed by atoms with Gasteiger partial charge >= 0.3 is 0 Å². The highest BCUT2D eigenvalue weighted by Gasteiger charge is 2.27. The van der Waals surface area contributed by atoms with Crippen LogP contribution in [0.25, 0.3) is 11.1 Å². The summed E-state index contributed by atoms with van der Waals surface area (Å²) in [6.07, 6.45) is 10.0. The maximum atomic E-state index is 13.4. The molecule has 0 aliphatic carbocycles. The van der Waals surface area contributed by atoms with E-state index in [9.17, 15) is 38.4 Å².